The van der Waals surface area contributed by atoms with Crippen molar-refractivity contribution in [2.24, 2.45) is 0 Å². The second-order valence-electron chi connectivity index (χ2n) is 7.26. The number of nitrogens with one attached hydrogen (secondary N) is 2. The Morgan fingerprint density at radius 1 is 0.962 bits per heavy atom. The van der Waals surface area contributed by atoms with Crippen molar-refractivity contribution in [1.82, 2.24) is 4.90 Å². The molecule has 2 aromatic rings. The number of likely N-dealkylation sites (N-methyl/N-ethyl adjacent to an activating group) is 1. The minimum Gasteiger partial charge on any atom is -0.382 e. The Morgan fingerprint density at radius 3 is 2.31 bits per heavy atom. The van der Waals surface area contributed by atoms with Crippen LogP contribution in [0, 0.1) is 0 Å². The van der Waals surface area contributed by atoms with E-state index in [1.165, 1.54) is 37.7 Å². The van der Waals surface area contributed by atoms with Crippen LogP contribution in [0.4, 0.5) is 11.4 Å². The maximum Gasteiger partial charge on any atom is 0.238 e. The van der Waals surface area contributed by atoms with Gasteiger partial charge in [-0.15, -0.1) is 0 Å². The molecule has 0 spiro atoms. The molecule has 1 amide bonds. The molecule has 0 bridgehead atoms. The van der Waals surface area contributed by atoms with Gasteiger partial charge in [-0.3, -0.25) is 9.69 Å². The second-order valence-corrected chi connectivity index (χ2v) is 7.26. The lowest BCUT2D eigenvalue weighted by molar-refractivity contribution is -0.117. The second kappa shape index (κ2) is 9.39. The molecule has 4 heteroatoms. The zero-order valence-corrected chi connectivity index (χ0v) is 15.6. The van der Waals surface area contributed by atoms with Gasteiger partial charge >= 0.3 is 0 Å². The van der Waals surface area contributed by atoms with Gasteiger partial charge in [0.1, 0.15) is 0 Å². The number of benzene rings is 2. The van der Waals surface area contributed by atoms with Gasteiger partial charge in [-0.25, -0.2) is 0 Å². The molecule has 4 nitrogen and oxygen atoms in total. The zero-order valence-electron chi connectivity index (χ0n) is 15.6. The average molecular weight is 351 g/mol. The van der Waals surface area contributed by atoms with Crippen LogP contribution in [0.25, 0.3) is 0 Å². The Hall–Kier alpha value is -2.33. The van der Waals surface area contributed by atoms with Crippen LogP contribution in [0.15, 0.2) is 54.6 Å². The number of nitrogens with zero attached hydrogens (tertiary/aromatic N) is 1. The van der Waals surface area contributed by atoms with E-state index in [1.807, 2.05) is 42.3 Å². The lowest BCUT2D eigenvalue weighted by Crippen LogP contribution is -2.29. The van der Waals surface area contributed by atoms with E-state index >= 15 is 0 Å². The third kappa shape index (κ3) is 5.88. The molecule has 1 aliphatic carbocycles. The SMILES string of the molecule is CN(CC(=O)Nc1ccc(NC2CCCCC2)cc1)Cc1ccccc1. The lowest BCUT2D eigenvalue weighted by atomic mass is 9.95. The number of rotatable bonds is 7. The van der Waals surface area contributed by atoms with Crippen molar-refractivity contribution >= 4 is 17.3 Å². The number of anilines is 2. The number of hydrogen-bond donors (Lipinski definition) is 2. The first-order valence-corrected chi connectivity index (χ1v) is 9.58. The van der Waals surface area contributed by atoms with Gasteiger partial charge in [0.2, 0.25) is 5.91 Å². The van der Waals surface area contributed by atoms with Crippen molar-refractivity contribution in [2.45, 2.75) is 44.7 Å². The predicted molar refractivity (Wildman–Crippen MR) is 108 cm³/mol. The number of hydrogen-bond acceptors (Lipinski definition) is 3. The molecule has 1 fully saturated rings. The van der Waals surface area contributed by atoms with Gasteiger partial charge in [0, 0.05) is 24.0 Å². The van der Waals surface area contributed by atoms with E-state index in [0.29, 0.717) is 12.6 Å². The zero-order chi connectivity index (χ0) is 18.2. The van der Waals surface area contributed by atoms with Crippen LogP contribution < -0.4 is 10.6 Å². The van der Waals surface area contributed by atoms with Gasteiger partial charge in [-0.05, 0) is 49.7 Å². The Kier molecular flexibility index (Phi) is 6.67. The average Bonchev–Trinajstić information content (AvgIpc) is 2.65. The van der Waals surface area contributed by atoms with E-state index in [-0.39, 0.29) is 5.91 Å². The van der Waals surface area contributed by atoms with E-state index in [0.717, 1.165) is 17.9 Å². The summed E-state index contributed by atoms with van der Waals surface area (Å²) in [4.78, 5) is 14.3. The normalized spacial score (nSPS) is 15.0. The summed E-state index contributed by atoms with van der Waals surface area (Å²) < 4.78 is 0. The molecule has 2 N–H and O–H groups in total. The van der Waals surface area contributed by atoms with Crippen LogP contribution in [0.2, 0.25) is 0 Å². The third-order valence-electron chi connectivity index (χ3n) is 4.85. The molecule has 138 valence electrons. The number of carbonyl (C=O) groups is 1. The fourth-order valence-electron chi connectivity index (χ4n) is 3.53. The minimum absolute atomic E-state index is 0.0106. The summed E-state index contributed by atoms with van der Waals surface area (Å²) in [6.45, 7) is 1.13. The molecular weight excluding hydrogens is 322 g/mol. The molecule has 1 saturated carbocycles. The maximum absolute atomic E-state index is 12.2. The largest absolute Gasteiger partial charge is 0.382 e. The lowest BCUT2D eigenvalue weighted by Gasteiger charge is -2.24. The van der Waals surface area contributed by atoms with Gasteiger partial charge in [-0.2, -0.15) is 0 Å². The van der Waals surface area contributed by atoms with Gasteiger partial charge in [0.05, 0.1) is 6.54 Å². The summed E-state index contributed by atoms with van der Waals surface area (Å²) in [5.41, 5.74) is 3.19. The summed E-state index contributed by atoms with van der Waals surface area (Å²) in [6.07, 6.45) is 6.52. The van der Waals surface area contributed by atoms with Crippen molar-refractivity contribution in [3.63, 3.8) is 0 Å². The van der Waals surface area contributed by atoms with E-state index in [1.54, 1.807) is 0 Å². The van der Waals surface area contributed by atoms with E-state index in [9.17, 15) is 4.79 Å². The predicted octanol–water partition coefficient (Wildman–Crippen LogP) is 4.50. The molecule has 0 saturated heterocycles. The molecule has 0 unspecified atom stereocenters. The minimum atomic E-state index is 0.0106. The van der Waals surface area contributed by atoms with Crippen molar-refractivity contribution in [2.75, 3.05) is 24.2 Å². The molecule has 26 heavy (non-hydrogen) atoms. The molecule has 2 aromatic carbocycles. The van der Waals surface area contributed by atoms with Gasteiger partial charge < -0.3 is 10.6 Å². The van der Waals surface area contributed by atoms with Gasteiger partial charge in [0.25, 0.3) is 0 Å². The number of carbonyl (C=O) groups excluding carboxylic acids is 1. The molecule has 1 aliphatic rings. The van der Waals surface area contributed by atoms with Crippen molar-refractivity contribution in [3.05, 3.63) is 60.2 Å². The van der Waals surface area contributed by atoms with E-state index < -0.39 is 0 Å². The first-order valence-electron chi connectivity index (χ1n) is 9.58. The summed E-state index contributed by atoms with van der Waals surface area (Å²) in [7, 11) is 1.96. The molecule has 0 aliphatic heterocycles. The molecule has 3 rings (SSSR count). The molecular formula is C22H29N3O. The van der Waals surface area contributed by atoms with Crippen LogP contribution in [-0.4, -0.2) is 30.4 Å². The number of amides is 1. The summed E-state index contributed by atoms with van der Waals surface area (Å²) >= 11 is 0. The molecule has 0 atom stereocenters. The summed E-state index contributed by atoms with van der Waals surface area (Å²) in [5.74, 6) is 0.0106. The topological polar surface area (TPSA) is 44.4 Å². The van der Waals surface area contributed by atoms with E-state index in [2.05, 4.69) is 34.9 Å². The third-order valence-corrected chi connectivity index (χ3v) is 4.85. The van der Waals surface area contributed by atoms with E-state index in [4.69, 9.17) is 0 Å². The fourth-order valence-corrected chi connectivity index (χ4v) is 3.53. The highest BCUT2D eigenvalue weighted by Crippen LogP contribution is 2.22. The van der Waals surface area contributed by atoms with Gasteiger partial charge in [-0.1, -0.05) is 49.6 Å². The molecule has 0 heterocycles. The highest BCUT2D eigenvalue weighted by atomic mass is 16.2. The first-order chi connectivity index (χ1) is 12.7. The summed E-state index contributed by atoms with van der Waals surface area (Å²) in [6, 6.07) is 18.8. The van der Waals surface area contributed by atoms with Gasteiger partial charge in [0.15, 0.2) is 0 Å². The monoisotopic (exact) mass is 351 g/mol. The fraction of sp³-hybridized carbons (Fsp3) is 0.409. The Labute approximate surface area is 156 Å². The van der Waals surface area contributed by atoms with Crippen molar-refractivity contribution < 1.29 is 4.79 Å². The Bertz CT molecular complexity index is 678. The smallest absolute Gasteiger partial charge is 0.238 e. The highest BCUT2D eigenvalue weighted by Gasteiger charge is 2.13. The van der Waals surface area contributed by atoms with Crippen LogP contribution in [0.5, 0.6) is 0 Å². The Morgan fingerprint density at radius 2 is 1.62 bits per heavy atom. The van der Waals surface area contributed by atoms with Crippen LogP contribution in [0.1, 0.15) is 37.7 Å². The Balaban J connectivity index is 1.45. The highest BCUT2D eigenvalue weighted by molar-refractivity contribution is 5.92. The van der Waals surface area contributed by atoms with Crippen LogP contribution in [-0.2, 0) is 11.3 Å². The van der Waals surface area contributed by atoms with Crippen molar-refractivity contribution in [1.29, 1.82) is 0 Å². The first kappa shape index (κ1) is 18.5. The standard InChI is InChI=1S/C22H29N3O/c1-25(16-18-8-4-2-5-9-18)17-22(26)24-21-14-12-20(13-15-21)23-19-10-6-3-7-11-19/h2,4-5,8-9,12-15,19,23H,3,6-7,10-11,16-17H2,1H3,(H,24,26). The molecule has 0 radical (unpaired) electrons. The van der Waals surface area contributed by atoms with Crippen LogP contribution in [0.3, 0.4) is 0 Å². The maximum atomic E-state index is 12.2. The quantitative estimate of drug-likeness (QED) is 0.772. The molecule has 0 aromatic heterocycles. The van der Waals surface area contributed by atoms with Crippen LogP contribution >= 0.6 is 0 Å². The van der Waals surface area contributed by atoms with Crippen molar-refractivity contribution in [3.8, 4) is 0 Å². The summed E-state index contributed by atoms with van der Waals surface area (Å²) in [5, 5.41) is 6.58.